The van der Waals surface area contributed by atoms with E-state index in [-0.39, 0.29) is 6.61 Å². The van der Waals surface area contributed by atoms with Crippen molar-refractivity contribution in [1.82, 2.24) is 0 Å². The molecule has 0 bridgehead atoms. The van der Waals surface area contributed by atoms with Crippen LogP contribution in [0.15, 0.2) is 41.5 Å². The minimum atomic E-state index is 0.0921. The first kappa shape index (κ1) is 16.7. The molecule has 0 aromatic carbocycles. The van der Waals surface area contributed by atoms with Gasteiger partial charge in [0.25, 0.3) is 0 Å². The van der Waals surface area contributed by atoms with Gasteiger partial charge in [0.15, 0.2) is 0 Å². The van der Waals surface area contributed by atoms with Gasteiger partial charge in [0, 0.05) is 9.75 Å². The topological polar surface area (TPSA) is 20.2 Å². The van der Waals surface area contributed by atoms with Crippen LogP contribution in [0.4, 0.5) is 0 Å². The van der Waals surface area contributed by atoms with Gasteiger partial charge in [-0.05, 0) is 45.7 Å². The number of thiophene rings is 1. The summed E-state index contributed by atoms with van der Waals surface area (Å²) in [6, 6.07) is 0. The number of hydrogen-bond acceptors (Lipinski definition) is 2. The summed E-state index contributed by atoms with van der Waals surface area (Å²) in [4.78, 5) is 2.77. The minimum Gasteiger partial charge on any atom is -0.392 e. The van der Waals surface area contributed by atoms with E-state index >= 15 is 0 Å². The molecule has 108 valence electrons. The highest BCUT2D eigenvalue weighted by atomic mass is 32.1. The number of aliphatic hydroxyl groups is 1. The molecule has 20 heavy (non-hydrogen) atoms. The van der Waals surface area contributed by atoms with Crippen LogP contribution in [0.3, 0.4) is 0 Å². The fourth-order valence-electron chi connectivity index (χ4n) is 1.89. The third-order valence-electron chi connectivity index (χ3n) is 3.26. The second kappa shape index (κ2) is 8.03. The molecule has 0 aliphatic carbocycles. The van der Waals surface area contributed by atoms with Crippen LogP contribution >= 0.6 is 11.3 Å². The van der Waals surface area contributed by atoms with Crippen LogP contribution in [0, 0.1) is 20.8 Å². The van der Waals surface area contributed by atoms with Gasteiger partial charge in [0.2, 0.25) is 0 Å². The van der Waals surface area contributed by atoms with E-state index in [1.54, 1.807) is 6.08 Å². The molecular formula is C18H24OS. The standard InChI is InChI=1S/C18H24OS/c1-13(7-6-8-14(2)11-12-19)9-10-18-15(3)16(4)20-17(18)5/h6-11,19H,12H2,1-5H3/b8-6?,10-9?,13-7?,14-11+. The molecule has 0 radical (unpaired) electrons. The second-order valence-corrected chi connectivity index (χ2v) is 6.42. The van der Waals surface area contributed by atoms with Crippen LogP contribution in [0.25, 0.3) is 6.08 Å². The van der Waals surface area contributed by atoms with Crippen molar-refractivity contribution in [2.45, 2.75) is 34.6 Å². The van der Waals surface area contributed by atoms with Crippen molar-refractivity contribution < 1.29 is 5.11 Å². The Morgan fingerprint density at radius 1 is 1.05 bits per heavy atom. The molecule has 0 atom stereocenters. The fourth-order valence-corrected chi connectivity index (χ4v) is 2.94. The van der Waals surface area contributed by atoms with E-state index in [0.29, 0.717) is 0 Å². The molecule has 0 fully saturated rings. The summed E-state index contributed by atoms with van der Waals surface area (Å²) in [6.07, 6.45) is 12.2. The Bertz CT molecular complexity index is 568. The fraction of sp³-hybridized carbons (Fsp3) is 0.333. The SMILES string of the molecule is CC(C=Cc1c(C)sc(C)c1C)=CC=C/C(C)=C/CO. The Labute approximate surface area is 126 Å². The third kappa shape index (κ3) is 4.95. The molecular weight excluding hydrogens is 264 g/mol. The van der Waals surface area contributed by atoms with Gasteiger partial charge in [-0.15, -0.1) is 11.3 Å². The maximum Gasteiger partial charge on any atom is 0.0617 e. The van der Waals surface area contributed by atoms with Crippen molar-refractivity contribution in [2.24, 2.45) is 0 Å². The van der Waals surface area contributed by atoms with Gasteiger partial charge < -0.3 is 5.11 Å². The lowest BCUT2D eigenvalue weighted by Crippen LogP contribution is -1.78. The predicted molar refractivity (Wildman–Crippen MR) is 91.3 cm³/mol. The van der Waals surface area contributed by atoms with Gasteiger partial charge in [-0.1, -0.05) is 47.6 Å². The Hall–Kier alpha value is -1.38. The number of allylic oxidation sites excluding steroid dienone is 6. The quantitative estimate of drug-likeness (QED) is 0.745. The number of rotatable bonds is 5. The summed E-state index contributed by atoms with van der Waals surface area (Å²) in [5, 5.41) is 8.77. The monoisotopic (exact) mass is 288 g/mol. The summed E-state index contributed by atoms with van der Waals surface area (Å²) >= 11 is 1.86. The average molecular weight is 288 g/mol. The molecule has 1 rings (SSSR count). The van der Waals surface area contributed by atoms with Crippen molar-refractivity contribution in [3.63, 3.8) is 0 Å². The van der Waals surface area contributed by atoms with E-state index < -0.39 is 0 Å². The van der Waals surface area contributed by atoms with Crippen LogP contribution in [0.5, 0.6) is 0 Å². The number of aliphatic hydroxyl groups excluding tert-OH is 1. The molecule has 1 N–H and O–H groups in total. The van der Waals surface area contributed by atoms with E-state index in [1.165, 1.54) is 26.5 Å². The second-order valence-electron chi connectivity index (χ2n) is 4.99. The van der Waals surface area contributed by atoms with Gasteiger partial charge in [0.1, 0.15) is 0 Å². The largest absolute Gasteiger partial charge is 0.392 e. The summed E-state index contributed by atoms with van der Waals surface area (Å²) in [5.41, 5.74) is 5.01. The van der Waals surface area contributed by atoms with E-state index in [0.717, 1.165) is 5.57 Å². The summed E-state index contributed by atoms with van der Waals surface area (Å²) in [7, 11) is 0. The summed E-state index contributed by atoms with van der Waals surface area (Å²) in [6.45, 7) is 10.7. The molecule has 1 nitrogen and oxygen atoms in total. The Balaban J connectivity index is 2.77. The van der Waals surface area contributed by atoms with Gasteiger partial charge in [-0.2, -0.15) is 0 Å². The van der Waals surface area contributed by atoms with Gasteiger partial charge in [-0.25, -0.2) is 0 Å². The molecule has 0 saturated carbocycles. The Morgan fingerprint density at radius 3 is 2.30 bits per heavy atom. The van der Waals surface area contributed by atoms with Gasteiger partial charge in [-0.3, -0.25) is 0 Å². The molecule has 1 aromatic heterocycles. The van der Waals surface area contributed by atoms with Crippen LogP contribution in [0.1, 0.15) is 34.7 Å². The third-order valence-corrected chi connectivity index (χ3v) is 4.40. The molecule has 0 unspecified atom stereocenters. The van der Waals surface area contributed by atoms with Crippen molar-refractivity contribution in [3.05, 3.63) is 62.4 Å². The van der Waals surface area contributed by atoms with Crippen molar-refractivity contribution in [1.29, 1.82) is 0 Å². The Morgan fingerprint density at radius 2 is 1.75 bits per heavy atom. The van der Waals surface area contributed by atoms with Crippen molar-refractivity contribution >= 4 is 17.4 Å². The molecule has 0 aliphatic rings. The molecule has 0 spiro atoms. The van der Waals surface area contributed by atoms with Crippen LogP contribution < -0.4 is 0 Å². The maximum atomic E-state index is 8.77. The van der Waals surface area contributed by atoms with Crippen LogP contribution in [-0.4, -0.2) is 11.7 Å². The van der Waals surface area contributed by atoms with Crippen LogP contribution in [-0.2, 0) is 0 Å². The highest BCUT2D eigenvalue weighted by Crippen LogP contribution is 2.27. The van der Waals surface area contributed by atoms with Gasteiger partial charge in [0.05, 0.1) is 6.61 Å². The first-order valence-electron chi connectivity index (χ1n) is 6.83. The van der Waals surface area contributed by atoms with E-state index in [4.69, 9.17) is 5.11 Å². The Kier molecular flexibility index (Phi) is 6.69. The number of hydrogen-bond donors (Lipinski definition) is 1. The lowest BCUT2D eigenvalue weighted by Gasteiger charge is -1.95. The van der Waals surface area contributed by atoms with Crippen molar-refractivity contribution in [3.8, 4) is 0 Å². The van der Waals surface area contributed by atoms with Crippen molar-refractivity contribution in [2.75, 3.05) is 6.61 Å². The summed E-state index contributed by atoms with van der Waals surface area (Å²) in [5.74, 6) is 0. The van der Waals surface area contributed by atoms with E-state index in [9.17, 15) is 0 Å². The first-order valence-corrected chi connectivity index (χ1v) is 7.64. The molecule has 0 amide bonds. The highest BCUT2D eigenvalue weighted by Gasteiger charge is 2.05. The smallest absolute Gasteiger partial charge is 0.0617 e. The predicted octanol–water partition coefficient (Wildman–Crippen LogP) is 5.13. The molecule has 0 saturated heterocycles. The maximum absolute atomic E-state index is 8.77. The molecule has 1 heterocycles. The zero-order chi connectivity index (χ0) is 15.1. The van der Waals surface area contributed by atoms with E-state index in [2.05, 4.69) is 45.9 Å². The zero-order valence-corrected chi connectivity index (χ0v) is 13.8. The zero-order valence-electron chi connectivity index (χ0n) is 13.0. The molecule has 2 heteroatoms. The lowest BCUT2D eigenvalue weighted by atomic mass is 10.1. The average Bonchev–Trinajstić information content (AvgIpc) is 2.61. The highest BCUT2D eigenvalue weighted by molar-refractivity contribution is 7.12. The lowest BCUT2D eigenvalue weighted by molar-refractivity contribution is 0.342. The van der Waals surface area contributed by atoms with Gasteiger partial charge >= 0.3 is 0 Å². The molecule has 1 aromatic rings. The molecule has 0 aliphatic heterocycles. The summed E-state index contributed by atoms with van der Waals surface area (Å²) < 4.78 is 0. The van der Waals surface area contributed by atoms with Crippen LogP contribution in [0.2, 0.25) is 0 Å². The van der Waals surface area contributed by atoms with E-state index in [1.807, 2.05) is 30.4 Å². The normalized spacial score (nSPS) is 13.9. The first-order chi connectivity index (χ1) is 9.45. The number of aryl methyl sites for hydroxylation is 2. The minimum absolute atomic E-state index is 0.0921.